The third-order valence-electron chi connectivity index (χ3n) is 4.27. The lowest BCUT2D eigenvalue weighted by molar-refractivity contribution is 0.447. The van der Waals surface area contributed by atoms with Crippen LogP contribution in [0.3, 0.4) is 0 Å². The second kappa shape index (κ2) is 5.33. The Morgan fingerprint density at radius 1 is 1.30 bits per heavy atom. The number of hydrogen-bond donors (Lipinski definition) is 1. The van der Waals surface area contributed by atoms with E-state index in [-0.39, 0.29) is 17.8 Å². The van der Waals surface area contributed by atoms with Crippen LogP contribution in [-0.2, 0) is 6.42 Å². The number of rotatable bonds is 3. The van der Waals surface area contributed by atoms with Crippen molar-refractivity contribution in [2.45, 2.75) is 31.7 Å². The number of nitrogens with one attached hydrogen (secondary N) is 1. The van der Waals surface area contributed by atoms with Gasteiger partial charge in [-0.2, -0.15) is 0 Å². The van der Waals surface area contributed by atoms with E-state index < -0.39 is 0 Å². The molecule has 0 saturated carbocycles. The maximum absolute atomic E-state index is 14.4. The van der Waals surface area contributed by atoms with Gasteiger partial charge in [0.15, 0.2) is 0 Å². The van der Waals surface area contributed by atoms with Crippen molar-refractivity contribution < 1.29 is 4.39 Å². The number of pyridine rings is 1. The lowest BCUT2D eigenvalue weighted by Crippen LogP contribution is -2.24. The molecule has 104 valence electrons. The molecule has 2 unspecified atom stereocenters. The predicted octanol–water partition coefficient (Wildman–Crippen LogP) is 3.52. The van der Waals surface area contributed by atoms with Gasteiger partial charge in [-0.05, 0) is 44.0 Å². The highest BCUT2D eigenvalue weighted by atomic mass is 19.1. The first-order chi connectivity index (χ1) is 9.72. The Hall–Kier alpha value is -1.74. The first-order valence-electron chi connectivity index (χ1n) is 7.08. The van der Waals surface area contributed by atoms with Crippen molar-refractivity contribution in [1.82, 2.24) is 10.3 Å². The Bertz CT molecular complexity index is 624. The largest absolute Gasteiger partial charge is 0.312 e. The summed E-state index contributed by atoms with van der Waals surface area (Å²) in [4.78, 5) is 4.52. The first kappa shape index (κ1) is 13.3. The Labute approximate surface area is 119 Å². The van der Waals surface area contributed by atoms with E-state index in [1.54, 1.807) is 0 Å². The fourth-order valence-corrected chi connectivity index (χ4v) is 3.25. The van der Waals surface area contributed by atoms with Gasteiger partial charge in [-0.25, -0.2) is 4.39 Å². The zero-order valence-corrected chi connectivity index (χ0v) is 11.9. The van der Waals surface area contributed by atoms with Crippen LogP contribution in [0.5, 0.6) is 0 Å². The molecule has 1 aliphatic carbocycles. The molecule has 0 fully saturated rings. The van der Waals surface area contributed by atoms with Gasteiger partial charge in [-0.15, -0.1) is 0 Å². The smallest absolute Gasteiger partial charge is 0.130 e. The fraction of sp³-hybridized carbons (Fsp3) is 0.353. The summed E-state index contributed by atoms with van der Waals surface area (Å²) in [5.74, 6) is 0.142. The minimum absolute atomic E-state index is 0.0222. The summed E-state index contributed by atoms with van der Waals surface area (Å²) in [7, 11) is 1.90. The quantitative estimate of drug-likeness (QED) is 0.923. The minimum Gasteiger partial charge on any atom is -0.312 e. The van der Waals surface area contributed by atoms with E-state index in [1.807, 2.05) is 44.4 Å². The van der Waals surface area contributed by atoms with Gasteiger partial charge in [0.25, 0.3) is 0 Å². The SMILES string of the molecule is CNC(c1cccc(C)c1F)C1CCc2cccnc21. The molecule has 1 aromatic carbocycles. The molecule has 2 atom stereocenters. The molecule has 0 radical (unpaired) electrons. The maximum atomic E-state index is 14.4. The number of aromatic nitrogens is 1. The maximum Gasteiger partial charge on any atom is 0.130 e. The summed E-state index contributed by atoms with van der Waals surface area (Å²) in [5, 5.41) is 3.29. The topological polar surface area (TPSA) is 24.9 Å². The molecular formula is C17H19FN2. The molecule has 0 saturated heterocycles. The molecule has 2 nitrogen and oxygen atoms in total. The van der Waals surface area contributed by atoms with Gasteiger partial charge in [0.05, 0.1) is 0 Å². The van der Waals surface area contributed by atoms with Gasteiger partial charge < -0.3 is 5.32 Å². The van der Waals surface area contributed by atoms with Crippen LogP contribution in [0.4, 0.5) is 4.39 Å². The summed E-state index contributed by atoms with van der Waals surface area (Å²) in [5.41, 5.74) is 3.86. The third-order valence-corrected chi connectivity index (χ3v) is 4.27. The summed E-state index contributed by atoms with van der Waals surface area (Å²) in [6.07, 6.45) is 3.88. The lowest BCUT2D eigenvalue weighted by atomic mass is 9.89. The van der Waals surface area contributed by atoms with Crippen molar-refractivity contribution in [3.63, 3.8) is 0 Å². The van der Waals surface area contributed by atoms with Crippen LogP contribution in [0, 0.1) is 12.7 Å². The Kier molecular flexibility index (Phi) is 3.53. The molecular weight excluding hydrogens is 251 g/mol. The zero-order valence-electron chi connectivity index (χ0n) is 11.9. The Morgan fingerprint density at radius 2 is 2.15 bits per heavy atom. The first-order valence-corrected chi connectivity index (χ1v) is 7.08. The van der Waals surface area contributed by atoms with Crippen LogP contribution in [-0.4, -0.2) is 12.0 Å². The standard InChI is InChI=1S/C17H19FN2/c1-11-5-3-7-13(15(11)18)17(19-2)14-9-8-12-6-4-10-20-16(12)14/h3-7,10,14,17,19H,8-9H2,1-2H3. The van der Waals surface area contributed by atoms with E-state index in [0.29, 0.717) is 5.56 Å². The van der Waals surface area contributed by atoms with Crippen LogP contribution >= 0.6 is 0 Å². The van der Waals surface area contributed by atoms with E-state index in [2.05, 4.69) is 16.4 Å². The highest BCUT2D eigenvalue weighted by molar-refractivity contribution is 5.35. The molecule has 2 aromatic rings. The molecule has 3 heteroatoms. The average molecular weight is 270 g/mol. The molecule has 0 aliphatic heterocycles. The van der Waals surface area contributed by atoms with Gasteiger partial charge in [-0.3, -0.25) is 4.98 Å². The van der Waals surface area contributed by atoms with Crippen molar-refractivity contribution >= 4 is 0 Å². The van der Waals surface area contributed by atoms with E-state index in [1.165, 1.54) is 5.56 Å². The van der Waals surface area contributed by atoms with Crippen molar-refractivity contribution in [3.05, 3.63) is 64.7 Å². The van der Waals surface area contributed by atoms with Crippen LogP contribution in [0.1, 0.15) is 40.8 Å². The highest BCUT2D eigenvalue weighted by Crippen LogP contribution is 2.41. The predicted molar refractivity (Wildman–Crippen MR) is 78.2 cm³/mol. The van der Waals surface area contributed by atoms with Crippen LogP contribution in [0.2, 0.25) is 0 Å². The van der Waals surface area contributed by atoms with Crippen LogP contribution < -0.4 is 5.32 Å². The number of fused-ring (bicyclic) bond motifs is 1. The minimum atomic E-state index is -0.101. The zero-order chi connectivity index (χ0) is 14.1. The number of aryl methyl sites for hydroxylation is 2. The number of halogens is 1. The molecule has 0 amide bonds. The summed E-state index contributed by atoms with van der Waals surface area (Å²) in [6, 6.07) is 9.69. The molecule has 0 bridgehead atoms. The van der Waals surface area contributed by atoms with E-state index in [0.717, 1.165) is 24.1 Å². The average Bonchev–Trinajstić information content (AvgIpc) is 2.88. The normalized spacial score (nSPS) is 18.9. The highest BCUT2D eigenvalue weighted by Gasteiger charge is 2.32. The third kappa shape index (κ3) is 2.12. The van der Waals surface area contributed by atoms with E-state index in [4.69, 9.17) is 0 Å². The van der Waals surface area contributed by atoms with Gasteiger partial charge >= 0.3 is 0 Å². The van der Waals surface area contributed by atoms with Crippen molar-refractivity contribution in [2.24, 2.45) is 0 Å². The summed E-state index contributed by atoms with van der Waals surface area (Å²) >= 11 is 0. The van der Waals surface area contributed by atoms with Gasteiger partial charge in [0.1, 0.15) is 5.82 Å². The molecule has 0 spiro atoms. The summed E-state index contributed by atoms with van der Waals surface area (Å²) < 4.78 is 14.4. The Balaban J connectivity index is 2.02. The molecule has 1 aliphatic rings. The summed E-state index contributed by atoms with van der Waals surface area (Å²) in [6.45, 7) is 1.81. The van der Waals surface area contributed by atoms with Crippen molar-refractivity contribution in [3.8, 4) is 0 Å². The van der Waals surface area contributed by atoms with Crippen molar-refractivity contribution in [2.75, 3.05) is 7.05 Å². The van der Waals surface area contributed by atoms with E-state index >= 15 is 0 Å². The molecule has 1 heterocycles. The van der Waals surface area contributed by atoms with Gasteiger partial charge in [0, 0.05) is 29.4 Å². The van der Waals surface area contributed by atoms with Crippen molar-refractivity contribution in [1.29, 1.82) is 0 Å². The number of benzene rings is 1. The molecule has 20 heavy (non-hydrogen) atoms. The number of hydrogen-bond acceptors (Lipinski definition) is 2. The van der Waals surface area contributed by atoms with E-state index in [9.17, 15) is 4.39 Å². The molecule has 1 aromatic heterocycles. The fourth-order valence-electron chi connectivity index (χ4n) is 3.25. The second-order valence-electron chi connectivity index (χ2n) is 5.44. The van der Waals surface area contributed by atoms with Crippen LogP contribution in [0.15, 0.2) is 36.5 Å². The lowest BCUT2D eigenvalue weighted by Gasteiger charge is -2.24. The van der Waals surface area contributed by atoms with Crippen LogP contribution in [0.25, 0.3) is 0 Å². The number of likely N-dealkylation sites (N-methyl/N-ethyl adjacent to an activating group) is 1. The molecule has 1 N–H and O–H groups in total. The second-order valence-corrected chi connectivity index (χ2v) is 5.44. The monoisotopic (exact) mass is 270 g/mol. The number of nitrogens with zero attached hydrogens (tertiary/aromatic N) is 1. The van der Waals surface area contributed by atoms with Gasteiger partial charge in [0.2, 0.25) is 0 Å². The Morgan fingerprint density at radius 3 is 2.95 bits per heavy atom. The van der Waals surface area contributed by atoms with Gasteiger partial charge in [-0.1, -0.05) is 24.3 Å². The molecule has 3 rings (SSSR count).